The second kappa shape index (κ2) is 11.5. The first-order valence-electron chi connectivity index (χ1n) is 16.7. The molecular formula is C36H37F4N5O3. The van der Waals surface area contributed by atoms with Gasteiger partial charge in [0.05, 0.1) is 11.1 Å². The van der Waals surface area contributed by atoms with Crippen LogP contribution in [0.1, 0.15) is 51.0 Å². The number of piperidine rings is 1. The van der Waals surface area contributed by atoms with Gasteiger partial charge in [-0.3, -0.25) is 9.69 Å². The fourth-order valence-electron chi connectivity index (χ4n) is 8.54. The maximum absolute atomic E-state index is 17.0. The number of halogens is 4. The largest absolute Gasteiger partial charge is 0.508 e. The second-order valence-electron chi connectivity index (χ2n) is 14.2. The third-order valence-electron chi connectivity index (χ3n) is 10.8. The highest BCUT2D eigenvalue weighted by Gasteiger charge is 2.49. The number of aryl methyl sites for hydroxylation is 1. The Morgan fingerprint density at radius 2 is 1.90 bits per heavy atom. The summed E-state index contributed by atoms with van der Waals surface area (Å²) in [6.07, 6.45) is -0.00118. The standard InChI is InChI=1S/C36H37F4N5O3/c1-35-10-2-12-44(18-35)32-25-6-5-23(30(40)31(25)41-34(42-32)48-19-36-11-3-13-45(36)17-21(37)16-36)26-15-22(46)14-20-4-8-27(38)24(29(20)26)7-9-28(39)33(47)43-35/h4-6,8,14-15,21,28,46H,2-3,7,9-13,16-19H2,1H3,(H,43,47)/t21-,28-,35-,36+/m1/s1. The van der Waals surface area contributed by atoms with E-state index >= 15 is 13.2 Å². The minimum absolute atomic E-state index is 0.0234. The average molecular weight is 664 g/mol. The number of phenols is 1. The summed E-state index contributed by atoms with van der Waals surface area (Å²) < 4.78 is 68.7. The highest BCUT2D eigenvalue weighted by molar-refractivity contribution is 6.03. The Kier molecular flexibility index (Phi) is 7.43. The van der Waals surface area contributed by atoms with E-state index in [4.69, 9.17) is 9.72 Å². The van der Waals surface area contributed by atoms with Crippen LogP contribution in [0.3, 0.4) is 0 Å². The van der Waals surface area contributed by atoms with Crippen LogP contribution in [0.2, 0.25) is 0 Å². The third kappa shape index (κ3) is 5.19. The van der Waals surface area contributed by atoms with Crippen LogP contribution in [-0.2, 0) is 11.2 Å². The number of carbonyl (C=O) groups excluding carboxylic acids is 1. The maximum atomic E-state index is 17.0. The fourth-order valence-corrected chi connectivity index (χ4v) is 8.54. The van der Waals surface area contributed by atoms with Crippen molar-refractivity contribution in [2.45, 2.75) is 75.3 Å². The lowest BCUT2D eigenvalue weighted by Gasteiger charge is -2.42. The van der Waals surface area contributed by atoms with Gasteiger partial charge in [-0.05, 0) is 98.2 Å². The molecule has 5 aliphatic heterocycles. The molecule has 6 bridgehead atoms. The number of ether oxygens (including phenoxy) is 1. The van der Waals surface area contributed by atoms with Gasteiger partial charge in [0.25, 0.3) is 5.91 Å². The van der Waals surface area contributed by atoms with Crippen LogP contribution in [0, 0.1) is 11.6 Å². The summed E-state index contributed by atoms with van der Waals surface area (Å²) in [6, 6.07) is 8.71. The van der Waals surface area contributed by atoms with E-state index in [2.05, 4.69) is 15.2 Å². The van der Waals surface area contributed by atoms with Gasteiger partial charge in [0.15, 0.2) is 12.0 Å². The molecule has 0 spiro atoms. The Balaban J connectivity index is 1.33. The molecule has 0 saturated carbocycles. The van der Waals surface area contributed by atoms with Crippen LogP contribution < -0.4 is 15.0 Å². The van der Waals surface area contributed by atoms with E-state index in [1.165, 1.54) is 24.3 Å². The second-order valence-corrected chi connectivity index (χ2v) is 14.2. The smallest absolute Gasteiger partial charge is 0.319 e. The summed E-state index contributed by atoms with van der Waals surface area (Å²) in [5.74, 6) is -1.87. The maximum Gasteiger partial charge on any atom is 0.319 e. The average Bonchev–Trinajstić information content (AvgIpc) is 3.58. The van der Waals surface area contributed by atoms with E-state index < -0.39 is 41.0 Å². The minimum atomic E-state index is -1.91. The van der Waals surface area contributed by atoms with Crippen LogP contribution in [0.5, 0.6) is 11.8 Å². The Morgan fingerprint density at radius 3 is 2.75 bits per heavy atom. The summed E-state index contributed by atoms with van der Waals surface area (Å²) in [5, 5.41) is 14.7. The molecule has 9 rings (SSSR count). The van der Waals surface area contributed by atoms with Crippen LogP contribution >= 0.6 is 0 Å². The molecule has 6 heterocycles. The quantitative estimate of drug-likeness (QED) is 0.254. The molecule has 48 heavy (non-hydrogen) atoms. The van der Waals surface area contributed by atoms with Gasteiger partial charge >= 0.3 is 6.01 Å². The predicted molar refractivity (Wildman–Crippen MR) is 174 cm³/mol. The van der Waals surface area contributed by atoms with Crippen molar-refractivity contribution in [1.82, 2.24) is 20.2 Å². The Labute approximate surface area is 275 Å². The highest BCUT2D eigenvalue weighted by Crippen LogP contribution is 2.43. The van der Waals surface area contributed by atoms with E-state index in [1.54, 1.807) is 12.1 Å². The van der Waals surface area contributed by atoms with Crippen molar-refractivity contribution in [2.75, 3.05) is 37.7 Å². The number of fused-ring (bicyclic) bond motifs is 6. The van der Waals surface area contributed by atoms with Gasteiger partial charge in [0.2, 0.25) is 0 Å². The summed E-state index contributed by atoms with van der Waals surface area (Å²) >= 11 is 0. The molecule has 1 amide bonds. The molecule has 12 heteroatoms. The van der Waals surface area contributed by atoms with E-state index in [1.807, 2.05) is 11.8 Å². The van der Waals surface area contributed by atoms with Crippen molar-refractivity contribution in [1.29, 1.82) is 0 Å². The molecule has 5 aliphatic rings. The molecule has 3 saturated heterocycles. The van der Waals surface area contributed by atoms with Gasteiger partial charge in [-0.25, -0.2) is 17.6 Å². The lowest BCUT2D eigenvalue weighted by Crippen LogP contribution is -2.58. The third-order valence-corrected chi connectivity index (χ3v) is 10.8. The van der Waals surface area contributed by atoms with Crippen LogP contribution in [0.4, 0.5) is 23.4 Å². The molecule has 2 N–H and O–H groups in total. The zero-order chi connectivity index (χ0) is 33.4. The number of rotatable bonds is 3. The normalized spacial score (nSPS) is 27.6. The number of phenolic OH excluding ortho intramolecular Hbond substituents is 1. The lowest BCUT2D eigenvalue weighted by atomic mass is 9.89. The van der Waals surface area contributed by atoms with Crippen molar-refractivity contribution < 1.29 is 32.2 Å². The van der Waals surface area contributed by atoms with E-state index in [0.29, 0.717) is 54.3 Å². The van der Waals surface area contributed by atoms with Crippen molar-refractivity contribution >= 4 is 33.4 Å². The summed E-state index contributed by atoms with van der Waals surface area (Å²) in [4.78, 5) is 26.6. The molecule has 1 aromatic heterocycles. The van der Waals surface area contributed by atoms with Gasteiger partial charge in [-0.1, -0.05) is 12.1 Å². The summed E-state index contributed by atoms with van der Waals surface area (Å²) in [6.45, 7) is 3.93. The van der Waals surface area contributed by atoms with Crippen molar-refractivity contribution in [3.8, 4) is 22.9 Å². The molecule has 0 radical (unpaired) electrons. The molecule has 0 unspecified atom stereocenters. The van der Waals surface area contributed by atoms with Gasteiger partial charge in [-0.15, -0.1) is 0 Å². The first kappa shape index (κ1) is 31.1. The number of nitrogens with one attached hydrogen (secondary N) is 1. The number of carbonyl (C=O) groups is 1. The molecule has 8 nitrogen and oxygen atoms in total. The van der Waals surface area contributed by atoms with E-state index in [-0.39, 0.29) is 60.0 Å². The molecule has 0 aliphatic carbocycles. The first-order valence-corrected chi connectivity index (χ1v) is 16.7. The lowest BCUT2D eigenvalue weighted by molar-refractivity contribution is -0.128. The van der Waals surface area contributed by atoms with Crippen molar-refractivity contribution in [3.63, 3.8) is 0 Å². The minimum Gasteiger partial charge on any atom is -0.508 e. The summed E-state index contributed by atoms with van der Waals surface area (Å²) in [5.41, 5.74) is -0.942. The number of nitrogens with zero attached hydrogens (tertiary/aromatic N) is 4. The molecular weight excluding hydrogens is 626 g/mol. The molecule has 3 aromatic carbocycles. The molecule has 3 fully saturated rings. The Bertz CT molecular complexity index is 1960. The van der Waals surface area contributed by atoms with Crippen LogP contribution in [0.15, 0.2) is 36.4 Å². The van der Waals surface area contributed by atoms with Crippen molar-refractivity contribution in [3.05, 3.63) is 53.6 Å². The van der Waals surface area contributed by atoms with Crippen LogP contribution in [-0.4, -0.2) is 82.1 Å². The van der Waals surface area contributed by atoms with Crippen LogP contribution in [0.25, 0.3) is 32.8 Å². The fraction of sp³-hybridized carbons (Fsp3) is 0.472. The Hall–Kier alpha value is -4.19. The van der Waals surface area contributed by atoms with E-state index in [9.17, 15) is 14.3 Å². The Morgan fingerprint density at radius 1 is 1.06 bits per heavy atom. The van der Waals surface area contributed by atoms with Gasteiger partial charge < -0.3 is 20.1 Å². The topological polar surface area (TPSA) is 90.8 Å². The summed E-state index contributed by atoms with van der Waals surface area (Å²) in [7, 11) is 0. The van der Waals surface area contributed by atoms with Crippen molar-refractivity contribution in [2.24, 2.45) is 0 Å². The van der Waals surface area contributed by atoms with Gasteiger partial charge in [0, 0.05) is 37.0 Å². The number of alkyl halides is 2. The first-order chi connectivity index (χ1) is 23.0. The molecule has 4 aromatic rings. The van der Waals surface area contributed by atoms with E-state index in [0.717, 1.165) is 19.4 Å². The zero-order valence-electron chi connectivity index (χ0n) is 26.7. The van der Waals surface area contributed by atoms with Gasteiger partial charge in [-0.2, -0.15) is 9.97 Å². The molecule has 252 valence electrons. The van der Waals surface area contributed by atoms with Gasteiger partial charge in [0.1, 0.15) is 35.7 Å². The zero-order valence-corrected chi connectivity index (χ0v) is 26.7. The number of anilines is 1. The molecule has 4 atom stereocenters. The number of aromatic nitrogens is 2. The monoisotopic (exact) mass is 663 g/mol. The predicted octanol–water partition coefficient (Wildman–Crippen LogP) is 6.15. The number of hydrogen-bond donors (Lipinski definition) is 2. The SMILES string of the molecule is C[C@@]12CCCN(C1)c1nc(OC[C@@]34CCCN3C[C@H](F)C4)nc3c(F)c(ccc13)-c1cc(O)cc3ccc(F)c(c13)CC[C@@H](F)C(=O)N2. The number of benzene rings is 3. The number of aromatic hydroxyl groups is 1. The highest BCUT2D eigenvalue weighted by atomic mass is 19.1. The number of hydrogen-bond acceptors (Lipinski definition) is 7. The number of amides is 1.